The molecule has 0 radical (unpaired) electrons. The lowest BCUT2D eigenvalue weighted by atomic mass is 10.2. The fraction of sp³-hybridized carbons (Fsp3) is 0.538. The second kappa shape index (κ2) is 8.08. The minimum absolute atomic E-state index is 0.223. The van der Waals surface area contributed by atoms with E-state index in [1.165, 1.54) is 9.79 Å². The second-order valence-electron chi connectivity index (χ2n) is 5.28. The van der Waals surface area contributed by atoms with E-state index < -0.39 is 22.2 Å². The van der Waals surface area contributed by atoms with Crippen LogP contribution in [0.15, 0.2) is 18.3 Å². The van der Waals surface area contributed by atoms with Gasteiger partial charge in [-0.2, -0.15) is 17.4 Å². The summed E-state index contributed by atoms with van der Waals surface area (Å²) in [5.74, 6) is -0.0550. The number of rotatable bonds is 6. The van der Waals surface area contributed by atoms with Crippen molar-refractivity contribution in [1.29, 1.82) is 0 Å². The Balaban J connectivity index is 1.97. The van der Waals surface area contributed by atoms with Crippen LogP contribution < -0.4 is 15.1 Å². The number of anilines is 1. The van der Waals surface area contributed by atoms with E-state index in [0.29, 0.717) is 18.1 Å². The summed E-state index contributed by atoms with van der Waals surface area (Å²) in [5.41, 5.74) is 1.46. The Morgan fingerprint density at radius 2 is 2.04 bits per heavy atom. The van der Waals surface area contributed by atoms with Crippen molar-refractivity contribution < 1.29 is 18.4 Å². The molecule has 2 rings (SSSR count). The van der Waals surface area contributed by atoms with Gasteiger partial charge in [-0.05, 0) is 18.6 Å². The van der Waals surface area contributed by atoms with Crippen molar-refractivity contribution in [1.82, 2.24) is 19.5 Å². The third kappa shape index (κ3) is 4.54. The molecule has 0 spiro atoms. The molecule has 0 saturated carbocycles. The highest BCUT2D eigenvalue weighted by Gasteiger charge is 2.31. The Morgan fingerprint density at radius 3 is 2.54 bits per heavy atom. The first kappa shape index (κ1) is 18.9. The molecule has 0 aromatic carbocycles. The monoisotopic (exact) mass is 377 g/mol. The van der Waals surface area contributed by atoms with Crippen LogP contribution in [-0.4, -0.2) is 61.0 Å². The van der Waals surface area contributed by atoms with Gasteiger partial charge in [0.2, 0.25) is 0 Å². The van der Waals surface area contributed by atoms with Crippen molar-refractivity contribution >= 4 is 33.5 Å². The SMILES string of the molecule is CCC(NS(=O)(=O)N1CCN(c2ccc(Cl)cn2)CC1)C(=O)NO. The lowest BCUT2D eigenvalue weighted by Crippen LogP contribution is -2.55. The molecule has 2 heterocycles. The summed E-state index contributed by atoms with van der Waals surface area (Å²) in [6.45, 7) is 3.11. The average molecular weight is 378 g/mol. The molecule has 0 aliphatic carbocycles. The van der Waals surface area contributed by atoms with Crippen molar-refractivity contribution in [2.24, 2.45) is 0 Å². The van der Waals surface area contributed by atoms with Gasteiger partial charge in [-0.1, -0.05) is 18.5 Å². The third-order valence-corrected chi connectivity index (χ3v) is 5.59. The number of amides is 1. The summed E-state index contributed by atoms with van der Waals surface area (Å²) >= 11 is 5.81. The predicted octanol–water partition coefficient (Wildman–Crippen LogP) is -0.0246. The number of hydrogen-bond donors (Lipinski definition) is 3. The highest BCUT2D eigenvalue weighted by atomic mass is 35.5. The van der Waals surface area contributed by atoms with Crippen LogP contribution >= 0.6 is 11.6 Å². The molecule has 1 aromatic rings. The smallest absolute Gasteiger partial charge is 0.280 e. The summed E-state index contributed by atoms with van der Waals surface area (Å²) < 4.78 is 28.3. The number of nitrogens with one attached hydrogen (secondary N) is 2. The van der Waals surface area contributed by atoms with Crippen LogP contribution in [0.1, 0.15) is 13.3 Å². The minimum atomic E-state index is -3.82. The van der Waals surface area contributed by atoms with Crippen molar-refractivity contribution in [3.8, 4) is 0 Å². The third-order valence-electron chi connectivity index (χ3n) is 3.74. The van der Waals surface area contributed by atoms with Gasteiger partial charge >= 0.3 is 0 Å². The number of hydrogen-bond acceptors (Lipinski definition) is 6. The number of halogens is 1. The zero-order chi connectivity index (χ0) is 17.7. The molecule has 3 N–H and O–H groups in total. The summed E-state index contributed by atoms with van der Waals surface area (Å²) in [7, 11) is -3.82. The first-order valence-electron chi connectivity index (χ1n) is 7.45. The van der Waals surface area contributed by atoms with Crippen molar-refractivity contribution in [2.75, 3.05) is 31.1 Å². The Labute approximate surface area is 145 Å². The van der Waals surface area contributed by atoms with Crippen LogP contribution in [0.2, 0.25) is 5.02 Å². The van der Waals surface area contributed by atoms with Crippen LogP contribution in [0.3, 0.4) is 0 Å². The molecule has 1 atom stereocenters. The normalized spacial score (nSPS) is 17.5. The van der Waals surface area contributed by atoms with Crippen LogP contribution in [0.4, 0.5) is 5.82 Å². The zero-order valence-corrected chi connectivity index (χ0v) is 14.7. The van der Waals surface area contributed by atoms with Crippen LogP contribution in [0, 0.1) is 0 Å². The maximum atomic E-state index is 12.4. The number of pyridine rings is 1. The Hall–Kier alpha value is -1.46. The van der Waals surface area contributed by atoms with E-state index in [1.807, 2.05) is 4.90 Å². The average Bonchev–Trinajstić information content (AvgIpc) is 2.60. The second-order valence-corrected chi connectivity index (χ2v) is 7.42. The van der Waals surface area contributed by atoms with Gasteiger partial charge in [0.1, 0.15) is 11.9 Å². The predicted molar refractivity (Wildman–Crippen MR) is 89.1 cm³/mol. The summed E-state index contributed by atoms with van der Waals surface area (Å²) in [6, 6.07) is 2.49. The molecule has 24 heavy (non-hydrogen) atoms. The quantitative estimate of drug-likeness (QED) is 0.474. The lowest BCUT2D eigenvalue weighted by Gasteiger charge is -2.35. The van der Waals surface area contributed by atoms with Crippen LogP contribution in [-0.2, 0) is 15.0 Å². The molecule has 11 heteroatoms. The zero-order valence-electron chi connectivity index (χ0n) is 13.1. The highest BCUT2D eigenvalue weighted by molar-refractivity contribution is 7.87. The first-order chi connectivity index (χ1) is 11.4. The molecule has 1 aromatic heterocycles. The van der Waals surface area contributed by atoms with Gasteiger partial charge in [-0.3, -0.25) is 10.0 Å². The van der Waals surface area contributed by atoms with E-state index in [4.69, 9.17) is 16.8 Å². The molecule has 1 aliphatic rings. The fourth-order valence-electron chi connectivity index (χ4n) is 2.37. The maximum Gasteiger partial charge on any atom is 0.280 e. The van der Waals surface area contributed by atoms with Gasteiger partial charge in [0.15, 0.2) is 0 Å². The first-order valence-corrected chi connectivity index (χ1v) is 9.27. The largest absolute Gasteiger partial charge is 0.354 e. The lowest BCUT2D eigenvalue weighted by molar-refractivity contribution is -0.131. The van der Waals surface area contributed by atoms with Crippen molar-refractivity contribution in [3.63, 3.8) is 0 Å². The van der Waals surface area contributed by atoms with E-state index in [9.17, 15) is 13.2 Å². The number of aromatic nitrogens is 1. The maximum absolute atomic E-state index is 12.4. The van der Waals surface area contributed by atoms with Gasteiger partial charge in [-0.25, -0.2) is 10.5 Å². The van der Waals surface area contributed by atoms with Gasteiger partial charge in [0, 0.05) is 32.4 Å². The number of carbonyl (C=O) groups excluding carboxylic acids is 1. The number of piperazine rings is 1. The molecular weight excluding hydrogens is 358 g/mol. The Kier molecular flexibility index (Phi) is 6.35. The topological polar surface area (TPSA) is 115 Å². The molecule has 0 bridgehead atoms. The molecule has 1 unspecified atom stereocenters. The molecule has 134 valence electrons. The van der Waals surface area contributed by atoms with Crippen molar-refractivity contribution in [2.45, 2.75) is 19.4 Å². The van der Waals surface area contributed by atoms with E-state index in [-0.39, 0.29) is 19.5 Å². The Bertz CT molecular complexity index is 661. The minimum Gasteiger partial charge on any atom is -0.354 e. The van der Waals surface area contributed by atoms with Gasteiger partial charge in [0.25, 0.3) is 16.1 Å². The number of nitrogens with zero attached hydrogens (tertiary/aromatic N) is 3. The molecule has 1 fully saturated rings. The fourth-order valence-corrected chi connectivity index (χ4v) is 3.91. The molecular formula is C13H20ClN5O4S. The standard InChI is InChI=1S/C13H20ClN5O4S/c1-2-11(13(20)16-21)17-24(22,23)19-7-5-18(6-8-19)12-4-3-10(14)9-15-12/h3-4,9,11,17,21H,2,5-8H2,1H3,(H,16,20). The van der Waals surface area contributed by atoms with Crippen LogP contribution in [0.25, 0.3) is 0 Å². The molecule has 9 nitrogen and oxygen atoms in total. The van der Waals surface area contributed by atoms with E-state index in [0.717, 1.165) is 5.82 Å². The van der Waals surface area contributed by atoms with E-state index in [1.54, 1.807) is 25.3 Å². The Morgan fingerprint density at radius 1 is 1.38 bits per heavy atom. The number of hydroxylamine groups is 1. The molecule has 1 saturated heterocycles. The molecule has 1 amide bonds. The number of carbonyl (C=O) groups is 1. The highest BCUT2D eigenvalue weighted by Crippen LogP contribution is 2.17. The van der Waals surface area contributed by atoms with Gasteiger partial charge in [0.05, 0.1) is 5.02 Å². The van der Waals surface area contributed by atoms with Gasteiger partial charge in [-0.15, -0.1) is 0 Å². The van der Waals surface area contributed by atoms with Gasteiger partial charge < -0.3 is 4.90 Å². The van der Waals surface area contributed by atoms with E-state index in [2.05, 4.69) is 9.71 Å². The summed E-state index contributed by atoms with van der Waals surface area (Å²) in [4.78, 5) is 17.6. The van der Waals surface area contributed by atoms with E-state index >= 15 is 0 Å². The van der Waals surface area contributed by atoms with Crippen LogP contribution in [0.5, 0.6) is 0 Å². The summed E-state index contributed by atoms with van der Waals surface area (Å²) in [5, 5.41) is 9.19. The van der Waals surface area contributed by atoms with Crippen molar-refractivity contribution in [3.05, 3.63) is 23.4 Å². The molecule has 1 aliphatic heterocycles. The summed E-state index contributed by atoms with van der Waals surface area (Å²) in [6.07, 6.45) is 1.77.